The monoisotopic (exact) mass is 259 g/mol. The number of hydrazone groups is 1. The Labute approximate surface area is 99.5 Å². The van der Waals surface area contributed by atoms with E-state index in [2.05, 4.69) is 10.8 Å². The van der Waals surface area contributed by atoms with Gasteiger partial charge in [0, 0.05) is 0 Å². The van der Waals surface area contributed by atoms with E-state index in [4.69, 9.17) is 0 Å². The van der Waals surface area contributed by atoms with Crippen LogP contribution >= 0.6 is 0 Å². The van der Waals surface area contributed by atoms with Crippen molar-refractivity contribution in [3.63, 3.8) is 0 Å². The maximum Gasteiger partial charge on any atom is 0.416 e. The van der Waals surface area contributed by atoms with Gasteiger partial charge in [0.05, 0.1) is 11.8 Å². The highest BCUT2D eigenvalue weighted by Crippen LogP contribution is 2.28. The van der Waals surface area contributed by atoms with Gasteiger partial charge in [-0.15, -0.1) is 0 Å². The number of amides is 2. The molecule has 96 valence electrons. The van der Waals surface area contributed by atoms with E-state index in [9.17, 15) is 22.8 Å². The van der Waals surface area contributed by atoms with Crippen molar-refractivity contribution in [2.75, 3.05) is 0 Å². The van der Waals surface area contributed by atoms with Crippen LogP contribution in [-0.4, -0.2) is 18.0 Å². The van der Waals surface area contributed by atoms with Crippen molar-refractivity contribution in [2.24, 2.45) is 10.8 Å². The third kappa shape index (κ3) is 3.89. The molecule has 0 heterocycles. The number of primary amides is 1. The highest BCUT2D eigenvalue weighted by Gasteiger charge is 2.29. The number of nitrogens with one attached hydrogen (secondary N) is 1. The molecule has 18 heavy (non-hydrogen) atoms. The molecule has 0 aromatic heterocycles. The molecule has 0 saturated heterocycles. The van der Waals surface area contributed by atoms with E-state index in [1.54, 1.807) is 0 Å². The van der Waals surface area contributed by atoms with Gasteiger partial charge in [-0.05, 0) is 17.7 Å². The number of alkyl halides is 3. The standard InChI is InChI=1S/C10H8F3N3O2/c11-10(12,13)7-3-1-6(2-4-7)5-15-16-9(18)8(14)17/h1-5H,(H2,14,17)(H,16,18). The fourth-order valence-corrected chi connectivity index (χ4v) is 0.979. The molecular formula is C10H8F3N3O2. The average Bonchev–Trinajstić information content (AvgIpc) is 2.28. The molecular weight excluding hydrogens is 251 g/mol. The summed E-state index contributed by atoms with van der Waals surface area (Å²) in [4.78, 5) is 21.0. The number of rotatable bonds is 2. The number of nitrogens with two attached hydrogens (primary N) is 1. The number of halogens is 3. The third-order valence-electron chi connectivity index (χ3n) is 1.84. The Morgan fingerprint density at radius 1 is 1.22 bits per heavy atom. The molecule has 0 unspecified atom stereocenters. The van der Waals surface area contributed by atoms with Gasteiger partial charge < -0.3 is 5.73 Å². The van der Waals surface area contributed by atoms with Crippen LogP contribution in [0.5, 0.6) is 0 Å². The number of hydrogen-bond acceptors (Lipinski definition) is 3. The Morgan fingerprint density at radius 3 is 2.22 bits per heavy atom. The lowest BCUT2D eigenvalue weighted by atomic mass is 10.1. The minimum absolute atomic E-state index is 0.327. The van der Waals surface area contributed by atoms with E-state index >= 15 is 0 Å². The van der Waals surface area contributed by atoms with Crippen LogP contribution in [0.3, 0.4) is 0 Å². The van der Waals surface area contributed by atoms with Crippen molar-refractivity contribution in [1.29, 1.82) is 0 Å². The topological polar surface area (TPSA) is 84.5 Å². The minimum Gasteiger partial charge on any atom is -0.361 e. The second kappa shape index (κ2) is 5.30. The number of hydrogen-bond donors (Lipinski definition) is 2. The van der Waals surface area contributed by atoms with E-state index in [1.165, 1.54) is 12.1 Å². The number of carbonyl (C=O) groups is 2. The first-order valence-corrected chi connectivity index (χ1v) is 4.61. The quantitative estimate of drug-likeness (QED) is 0.464. The van der Waals surface area contributed by atoms with Crippen molar-refractivity contribution in [3.05, 3.63) is 35.4 Å². The molecule has 0 bridgehead atoms. The smallest absolute Gasteiger partial charge is 0.361 e. The predicted octanol–water partition coefficient (Wildman–Crippen LogP) is 0.641. The minimum atomic E-state index is -4.41. The summed E-state index contributed by atoms with van der Waals surface area (Å²) in [5, 5.41) is 3.35. The maximum atomic E-state index is 12.2. The van der Waals surface area contributed by atoms with Crippen molar-refractivity contribution >= 4 is 18.0 Å². The maximum absolute atomic E-state index is 12.2. The van der Waals surface area contributed by atoms with E-state index in [0.29, 0.717) is 5.56 Å². The summed E-state index contributed by atoms with van der Waals surface area (Å²) in [5.41, 5.74) is 5.98. The van der Waals surface area contributed by atoms with Crippen LogP contribution in [0, 0.1) is 0 Å². The van der Waals surface area contributed by atoms with Crippen LogP contribution in [0.2, 0.25) is 0 Å². The highest BCUT2D eigenvalue weighted by molar-refractivity contribution is 6.34. The molecule has 5 nitrogen and oxygen atoms in total. The average molecular weight is 259 g/mol. The Kier molecular flexibility index (Phi) is 4.03. The molecule has 1 rings (SSSR count). The Morgan fingerprint density at radius 2 is 1.78 bits per heavy atom. The van der Waals surface area contributed by atoms with Crippen LogP contribution in [0.15, 0.2) is 29.4 Å². The fourth-order valence-electron chi connectivity index (χ4n) is 0.979. The van der Waals surface area contributed by atoms with Gasteiger partial charge in [0.25, 0.3) is 0 Å². The van der Waals surface area contributed by atoms with E-state index in [1.807, 2.05) is 5.43 Å². The molecule has 3 N–H and O–H groups in total. The first-order valence-electron chi connectivity index (χ1n) is 4.61. The Hall–Kier alpha value is -2.38. The van der Waals surface area contributed by atoms with Gasteiger partial charge >= 0.3 is 18.0 Å². The summed E-state index contributed by atoms with van der Waals surface area (Å²) in [6.45, 7) is 0. The molecule has 0 aliphatic rings. The highest BCUT2D eigenvalue weighted by atomic mass is 19.4. The molecule has 0 fully saturated rings. The van der Waals surface area contributed by atoms with Gasteiger partial charge in [0.15, 0.2) is 0 Å². The van der Waals surface area contributed by atoms with Crippen LogP contribution in [0.4, 0.5) is 13.2 Å². The molecule has 1 aromatic carbocycles. The van der Waals surface area contributed by atoms with Crippen molar-refractivity contribution in [2.45, 2.75) is 6.18 Å². The second-order valence-electron chi connectivity index (χ2n) is 3.18. The molecule has 0 saturated carbocycles. The van der Waals surface area contributed by atoms with Crippen LogP contribution in [-0.2, 0) is 15.8 Å². The predicted molar refractivity (Wildman–Crippen MR) is 56.4 cm³/mol. The number of carbonyl (C=O) groups excluding carboxylic acids is 2. The van der Waals surface area contributed by atoms with Gasteiger partial charge in [-0.3, -0.25) is 9.59 Å². The lowest BCUT2D eigenvalue weighted by Gasteiger charge is -2.05. The van der Waals surface area contributed by atoms with Crippen LogP contribution in [0.1, 0.15) is 11.1 Å². The summed E-state index contributed by atoms with van der Waals surface area (Å²) in [7, 11) is 0. The van der Waals surface area contributed by atoms with Gasteiger partial charge in [0.1, 0.15) is 0 Å². The summed E-state index contributed by atoms with van der Waals surface area (Å²) in [6.07, 6.45) is -3.32. The van der Waals surface area contributed by atoms with Crippen molar-refractivity contribution < 1.29 is 22.8 Å². The second-order valence-corrected chi connectivity index (χ2v) is 3.18. The molecule has 8 heteroatoms. The van der Waals surface area contributed by atoms with Crippen molar-refractivity contribution in [1.82, 2.24) is 5.43 Å². The number of benzene rings is 1. The van der Waals surface area contributed by atoms with Crippen LogP contribution in [0.25, 0.3) is 0 Å². The van der Waals surface area contributed by atoms with Gasteiger partial charge in [-0.25, -0.2) is 5.43 Å². The Balaban J connectivity index is 2.67. The first-order chi connectivity index (χ1) is 8.30. The summed E-state index contributed by atoms with van der Waals surface area (Å²) in [6, 6.07) is 4.08. The van der Waals surface area contributed by atoms with Gasteiger partial charge in [0.2, 0.25) is 0 Å². The fraction of sp³-hybridized carbons (Fsp3) is 0.100. The summed E-state index contributed by atoms with van der Waals surface area (Å²) < 4.78 is 36.7. The summed E-state index contributed by atoms with van der Waals surface area (Å²) in [5.74, 6) is -2.32. The molecule has 0 radical (unpaired) electrons. The largest absolute Gasteiger partial charge is 0.416 e. The lowest BCUT2D eigenvalue weighted by molar-refractivity contribution is -0.137. The zero-order chi connectivity index (χ0) is 13.8. The van der Waals surface area contributed by atoms with Crippen LogP contribution < -0.4 is 11.2 Å². The zero-order valence-electron chi connectivity index (χ0n) is 8.86. The van der Waals surface area contributed by atoms with E-state index in [0.717, 1.165) is 18.3 Å². The molecule has 2 amide bonds. The normalized spacial score (nSPS) is 11.5. The van der Waals surface area contributed by atoms with E-state index < -0.39 is 23.6 Å². The van der Waals surface area contributed by atoms with Gasteiger partial charge in [-0.2, -0.15) is 18.3 Å². The molecule has 0 atom stereocenters. The first kappa shape index (κ1) is 13.7. The Bertz CT molecular complexity index is 480. The molecule has 1 aromatic rings. The SMILES string of the molecule is NC(=O)C(=O)NN=Cc1ccc(C(F)(F)F)cc1. The molecule has 0 spiro atoms. The molecule has 0 aliphatic carbocycles. The van der Waals surface area contributed by atoms with Crippen molar-refractivity contribution in [3.8, 4) is 0 Å². The van der Waals surface area contributed by atoms with E-state index in [-0.39, 0.29) is 0 Å². The lowest BCUT2D eigenvalue weighted by Crippen LogP contribution is -2.32. The van der Waals surface area contributed by atoms with Gasteiger partial charge in [-0.1, -0.05) is 12.1 Å². The number of nitrogens with zero attached hydrogens (tertiary/aromatic N) is 1. The summed E-state index contributed by atoms with van der Waals surface area (Å²) >= 11 is 0. The third-order valence-corrected chi connectivity index (χ3v) is 1.84. The zero-order valence-corrected chi connectivity index (χ0v) is 8.86. The molecule has 0 aliphatic heterocycles.